The molecule has 11 heteroatoms. The number of halogens is 2. The van der Waals surface area contributed by atoms with Crippen LogP contribution in [0.15, 0.2) is 58.4 Å². The van der Waals surface area contributed by atoms with Crippen molar-refractivity contribution in [1.29, 1.82) is 0 Å². The first-order valence-electron chi connectivity index (χ1n) is 9.37. The minimum absolute atomic E-state index is 0.0551. The number of carbonyl (C=O) groups is 1. The van der Waals surface area contributed by atoms with Gasteiger partial charge in [-0.15, -0.1) is 0 Å². The number of hydrogen-bond donors (Lipinski definition) is 0. The Morgan fingerprint density at radius 1 is 1.13 bits per heavy atom. The number of nitrogens with zero attached hydrogens (tertiary/aromatic N) is 3. The van der Waals surface area contributed by atoms with E-state index in [9.17, 15) is 18.0 Å². The van der Waals surface area contributed by atoms with Crippen LogP contribution in [0.25, 0.3) is 5.65 Å². The lowest BCUT2D eigenvalue weighted by Crippen LogP contribution is -2.41. The van der Waals surface area contributed by atoms with E-state index in [0.717, 1.165) is 4.31 Å². The fourth-order valence-corrected chi connectivity index (χ4v) is 5.38. The van der Waals surface area contributed by atoms with E-state index in [1.54, 1.807) is 12.1 Å². The molecule has 1 atom stereocenters. The maximum absolute atomic E-state index is 13.0. The number of sulfonamides is 1. The van der Waals surface area contributed by atoms with E-state index in [1.807, 2.05) is 0 Å². The summed E-state index contributed by atoms with van der Waals surface area (Å²) in [5.41, 5.74) is 0.243. The normalized spacial score (nSPS) is 17.2. The van der Waals surface area contributed by atoms with E-state index in [4.69, 9.17) is 27.9 Å². The zero-order valence-corrected chi connectivity index (χ0v) is 18.4. The Hall–Kier alpha value is -2.46. The summed E-state index contributed by atoms with van der Waals surface area (Å²) in [6.07, 6.45) is 2.32. The summed E-state index contributed by atoms with van der Waals surface area (Å²) in [5.74, 6) is -0.687. The van der Waals surface area contributed by atoms with Crippen LogP contribution in [0, 0.1) is 0 Å². The number of aromatic nitrogens is 2. The second-order valence-electron chi connectivity index (χ2n) is 7.00. The number of ether oxygens (including phenoxy) is 1. The van der Waals surface area contributed by atoms with Crippen molar-refractivity contribution >= 4 is 44.8 Å². The SMILES string of the molecule is O=C(OCc1cc(=O)n2cc(Cl)ccc2n1)[C@H]1CCCN1S(=O)(=O)c1ccc(Cl)cc1. The maximum atomic E-state index is 13.0. The van der Waals surface area contributed by atoms with Crippen LogP contribution in [-0.4, -0.2) is 40.7 Å². The zero-order chi connectivity index (χ0) is 22.2. The smallest absolute Gasteiger partial charge is 0.324 e. The monoisotopic (exact) mass is 481 g/mol. The van der Waals surface area contributed by atoms with Crippen molar-refractivity contribution in [2.45, 2.75) is 30.4 Å². The van der Waals surface area contributed by atoms with E-state index >= 15 is 0 Å². The fraction of sp³-hybridized carbons (Fsp3) is 0.250. The number of fused-ring (bicyclic) bond motifs is 1. The van der Waals surface area contributed by atoms with Gasteiger partial charge in [0.1, 0.15) is 18.3 Å². The van der Waals surface area contributed by atoms with Gasteiger partial charge in [-0.3, -0.25) is 14.0 Å². The largest absolute Gasteiger partial charge is 0.458 e. The van der Waals surface area contributed by atoms with Crippen molar-refractivity contribution in [3.8, 4) is 0 Å². The number of rotatable bonds is 5. The molecule has 3 heterocycles. The van der Waals surface area contributed by atoms with Crippen molar-refractivity contribution in [1.82, 2.24) is 13.7 Å². The van der Waals surface area contributed by atoms with Crippen LogP contribution in [0.5, 0.6) is 0 Å². The molecule has 1 aliphatic rings. The standard InChI is InChI=1S/C20H17Cl2N3O5S/c21-13-3-6-16(7-4-13)31(28,29)25-9-1-2-17(25)20(27)30-12-15-10-19(26)24-11-14(22)5-8-18(24)23-15/h3-8,10-11,17H,1-2,9,12H2/t17-/m1/s1. The highest BCUT2D eigenvalue weighted by molar-refractivity contribution is 7.89. The molecule has 0 unspecified atom stereocenters. The summed E-state index contributed by atoms with van der Waals surface area (Å²) in [7, 11) is -3.88. The van der Waals surface area contributed by atoms with Gasteiger partial charge < -0.3 is 4.74 Å². The van der Waals surface area contributed by atoms with E-state index in [2.05, 4.69) is 4.98 Å². The van der Waals surface area contributed by atoms with Gasteiger partial charge in [-0.1, -0.05) is 23.2 Å². The topological polar surface area (TPSA) is 98.1 Å². The molecular formula is C20H17Cl2N3O5S. The Balaban J connectivity index is 1.50. The first kappa shape index (κ1) is 21.8. The van der Waals surface area contributed by atoms with Crippen LogP contribution in [0.3, 0.4) is 0 Å². The molecule has 1 fully saturated rings. The van der Waals surface area contributed by atoms with Crippen LogP contribution in [-0.2, 0) is 26.2 Å². The van der Waals surface area contributed by atoms with E-state index in [-0.39, 0.29) is 29.3 Å². The Labute approximate surface area is 188 Å². The van der Waals surface area contributed by atoms with Gasteiger partial charge >= 0.3 is 5.97 Å². The van der Waals surface area contributed by atoms with Gasteiger partial charge in [-0.2, -0.15) is 4.31 Å². The summed E-state index contributed by atoms with van der Waals surface area (Å²) < 4.78 is 33.7. The minimum atomic E-state index is -3.88. The second-order valence-corrected chi connectivity index (χ2v) is 9.76. The Kier molecular flexibility index (Phi) is 6.02. The Morgan fingerprint density at radius 3 is 2.58 bits per heavy atom. The lowest BCUT2D eigenvalue weighted by Gasteiger charge is -2.22. The molecular weight excluding hydrogens is 465 g/mol. The summed E-state index contributed by atoms with van der Waals surface area (Å²) in [6.45, 7) is -0.0421. The molecule has 1 aromatic carbocycles. The Morgan fingerprint density at radius 2 is 1.84 bits per heavy atom. The number of hydrogen-bond acceptors (Lipinski definition) is 6. The van der Waals surface area contributed by atoms with Crippen molar-refractivity contribution in [3.05, 3.63) is 74.8 Å². The first-order chi connectivity index (χ1) is 14.8. The molecule has 31 heavy (non-hydrogen) atoms. The van der Waals surface area contributed by atoms with Crippen LogP contribution in [0.1, 0.15) is 18.5 Å². The molecule has 162 valence electrons. The third kappa shape index (κ3) is 4.45. The van der Waals surface area contributed by atoms with Crippen molar-refractivity contribution in [3.63, 3.8) is 0 Å². The van der Waals surface area contributed by atoms with Gasteiger partial charge in [0.2, 0.25) is 10.0 Å². The molecule has 0 bridgehead atoms. The quantitative estimate of drug-likeness (QED) is 0.519. The van der Waals surface area contributed by atoms with Crippen LogP contribution in [0.2, 0.25) is 10.0 Å². The molecule has 0 amide bonds. The second kappa shape index (κ2) is 8.58. The van der Waals surface area contributed by atoms with Crippen molar-refractivity contribution in [2.75, 3.05) is 6.54 Å². The number of pyridine rings is 1. The van der Waals surface area contributed by atoms with Crippen LogP contribution >= 0.6 is 23.2 Å². The van der Waals surface area contributed by atoms with Gasteiger partial charge in [0, 0.05) is 23.8 Å². The highest BCUT2D eigenvalue weighted by atomic mass is 35.5. The predicted octanol–water partition coefficient (Wildman–Crippen LogP) is 2.90. The highest BCUT2D eigenvalue weighted by Gasteiger charge is 2.40. The van der Waals surface area contributed by atoms with Gasteiger partial charge in [0.15, 0.2) is 0 Å². The van der Waals surface area contributed by atoms with Gasteiger partial charge in [-0.25, -0.2) is 13.4 Å². The number of esters is 1. The summed E-state index contributed by atoms with van der Waals surface area (Å²) in [4.78, 5) is 29.3. The van der Waals surface area contributed by atoms with E-state index in [1.165, 1.54) is 40.9 Å². The molecule has 3 aromatic rings. The third-order valence-electron chi connectivity index (χ3n) is 4.93. The highest BCUT2D eigenvalue weighted by Crippen LogP contribution is 2.27. The average molecular weight is 482 g/mol. The molecule has 0 aliphatic carbocycles. The van der Waals surface area contributed by atoms with E-state index in [0.29, 0.717) is 28.5 Å². The Bertz CT molecular complexity index is 1310. The van der Waals surface area contributed by atoms with Gasteiger partial charge in [0.05, 0.1) is 15.6 Å². The molecule has 2 aromatic heterocycles. The van der Waals surface area contributed by atoms with E-state index < -0.39 is 22.0 Å². The number of benzene rings is 1. The summed E-state index contributed by atoms with van der Waals surface area (Å²) >= 11 is 11.7. The van der Waals surface area contributed by atoms with Gasteiger partial charge in [0.25, 0.3) is 5.56 Å². The molecule has 1 saturated heterocycles. The van der Waals surface area contributed by atoms with Crippen LogP contribution < -0.4 is 5.56 Å². The van der Waals surface area contributed by atoms with Crippen molar-refractivity contribution in [2.24, 2.45) is 0 Å². The molecule has 0 saturated carbocycles. The zero-order valence-electron chi connectivity index (χ0n) is 16.1. The third-order valence-corrected chi connectivity index (χ3v) is 7.33. The minimum Gasteiger partial charge on any atom is -0.458 e. The first-order valence-corrected chi connectivity index (χ1v) is 11.6. The summed E-state index contributed by atoms with van der Waals surface area (Å²) in [5, 5.41) is 0.802. The molecule has 0 spiro atoms. The summed E-state index contributed by atoms with van der Waals surface area (Å²) in [6, 6.07) is 9.23. The lowest BCUT2D eigenvalue weighted by molar-refractivity contribution is -0.148. The molecule has 4 rings (SSSR count). The molecule has 8 nitrogen and oxygen atoms in total. The molecule has 0 radical (unpaired) electrons. The number of carbonyl (C=O) groups excluding carboxylic acids is 1. The van der Waals surface area contributed by atoms with Crippen LogP contribution in [0.4, 0.5) is 0 Å². The lowest BCUT2D eigenvalue weighted by atomic mass is 10.2. The fourth-order valence-electron chi connectivity index (χ4n) is 3.45. The van der Waals surface area contributed by atoms with Gasteiger partial charge in [-0.05, 0) is 49.2 Å². The average Bonchev–Trinajstić information content (AvgIpc) is 3.24. The maximum Gasteiger partial charge on any atom is 0.324 e. The molecule has 0 N–H and O–H groups in total. The van der Waals surface area contributed by atoms with Crippen molar-refractivity contribution < 1.29 is 17.9 Å². The predicted molar refractivity (Wildman–Crippen MR) is 115 cm³/mol. The molecule has 1 aliphatic heterocycles.